The number of ketones is 1. The first kappa shape index (κ1) is 15.1. The highest BCUT2D eigenvalue weighted by atomic mass is 79.9. The number of likely N-dealkylation sites (N-methyl/N-ethyl adjacent to an activating group) is 1. The van der Waals surface area contributed by atoms with Crippen molar-refractivity contribution in [2.75, 3.05) is 13.7 Å². The number of halogens is 1. The van der Waals surface area contributed by atoms with Crippen molar-refractivity contribution in [3.05, 3.63) is 32.3 Å². The highest BCUT2D eigenvalue weighted by Gasteiger charge is 2.23. The molecule has 0 aromatic heterocycles. The number of amides is 1. The molecule has 7 nitrogen and oxygen atoms in total. The van der Waals surface area contributed by atoms with Crippen LogP contribution in [0.3, 0.4) is 0 Å². The van der Waals surface area contributed by atoms with Crippen molar-refractivity contribution in [1.82, 2.24) is 5.32 Å². The summed E-state index contributed by atoms with van der Waals surface area (Å²) < 4.78 is 5.49. The summed E-state index contributed by atoms with van der Waals surface area (Å²) in [6.07, 6.45) is 0. The Morgan fingerprint density at radius 1 is 1.47 bits per heavy atom. The monoisotopic (exact) mass is 330 g/mol. The molecule has 0 heterocycles. The van der Waals surface area contributed by atoms with Crippen LogP contribution in [0.5, 0.6) is 5.75 Å². The van der Waals surface area contributed by atoms with Gasteiger partial charge in [-0.3, -0.25) is 19.7 Å². The zero-order valence-corrected chi connectivity index (χ0v) is 11.8. The minimum atomic E-state index is -0.670. The molecular weight excluding hydrogens is 320 g/mol. The molecular formula is C11H11BrN2O5. The van der Waals surface area contributed by atoms with E-state index in [0.29, 0.717) is 4.47 Å². The van der Waals surface area contributed by atoms with Crippen LogP contribution in [-0.2, 0) is 4.79 Å². The number of ether oxygens (including phenoxy) is 1. The molecule has 8 heteroatoms. The smallest absolute Gasteiger partial charge is 0.312 e. The molecule has 0 aliphatic rings. The van der Waals surface area contributed by atoms with E-state index in [4.69, 9.17) is 4.74 Å². The minimum Gasteiger partial charge on any atom is -0.476 e. The molecule has 1 aromatic rings. The lowest BCUT2D eigenvalue weighted by Crippen LogP contribution is -2.25. The number of carbonyl (C=O) groups excluding carboxylic acids is 2. The van der Waals surface area contributed by atoms with Crippen LogP contribution in [0.2, 0.25) is 0 Å². The number of hydrogen-bond acceptors (Lipinski definition) is 5. The second kappa shape index (κ2) is 6.28. The van der Waals surface area contributed by atoms with E-state index in [9.17, 15) is 19.7 Å². The predicted octanol–water partition coefficient (Wildman–Crippen LogP) is 1.68. The van der Waals surface area contributed by atoms with Gasteiger partial charge in [-0.15, -0.1) is 0 Å². The summed E-state index contributed by atoms with van der Waals surface area (Å²) in [6.45, 7) is 0.859. The number of benzene rings is 1. The van der Waals surface area contributed by atoms with Crippen molar-refractivity contribution in [2.45, 2.75) is 6.92 Å². The van der Waals surface area contributed by atoms with Crippen LogP contribution in [-0.4, -0.2) is 30.3 Å². The number of nitro benzene ring substituents is 1. The predicted molar refractivity (Wildman–Crippen MR) is 70.4 cm³/mol. The number of nitrogens with one attached hydrogen (secondary N) is 1. The Balaban J connectivity index is 3.27. The molecule has 1 amide bonds. The molecule has 0 radical (unpaired) electrons. The number of nitrogens with zero attached hydrogens (tertiary/aromatic N) is 1. The van der Waals surface area contributed by atoms with Gasteiger partial charge in [-0.05, 0) is 13.0 Å². The fraction of sp³-hybridized carbons (Fsp3) is 0.273. The number of rotatable bonds is 5. The van der Waals surface area contributed by atoms with Crippen LogP contribution in [0.4, 0.5) is 5.69 Å². The largest absolute Gasteiger partial charge is 0.476 e. The minimum absolute atomic E-state index is 0.0463. The molecule has 1 aromatic carbocycles. The average molecular weight is 331 g/mol. The first-order chi connectivity index (χ1) is 8.86. The van der Waals surface area contributed by atoms with E-state index in [2.05, 4.69) is 21.2 Å². The number of hydrogen-bond donors (Lipinski definition) is 1. The summed E-state index contributed by atoms with van der Waals surface area (Å²) in [5, 5.41) is 13.3. The second-order valence-corrected chi connectivity index (χ2v) is 4.49. The molecule has 1 rings (SSSR count). The Hall–Kier alpha value is -1.96. The SMILES string of the molecule is CNC(=O)COc1c(C(C)=O)cc(Br)cc1[N+](=O)[O-]. The third-order valence-corrected chi connectivity index (χ3v) is 2.69. The molecule has 0 saturated heterocycles. The lowest BCUT2D eigenvalue weighted by molar-refractivity contribution is -0.385. The number of carbonyl (C=O) groups is 2. The van der Waals surface area contributed by atoms with Gasteiger partial charge in [0, 0.05) is 17.6 Å². The normalized spacial score (nSPS) is 9.84. The zero-order chi connectivity index (χ0) is 14.6. The van der Waals surface area contributed by atoms with Gasteiger partial charge >= 0.3 is 5.69 Å². The zero-order valence-electron chi connectivity index (χ0n) is 10.2. The number of Topliss-reactive ketones (excluding diaryl/α,β-unsaturated/α-hetero) is 1. The van der Waals surface area contributed by atoms with Crippen molar-refractivity contribution in [3.63, 3.8) is 0 Å². The Labute approximate surface area is 117 Å². The Morgan fingerprint density at radius 3 is 2.58 bits per heavy atom. The molecule has 102 valence electrons. The van der Waals surface area contributed by atoms with Gasteiger partial charge in [0.05, 0.1) is 10.5 Å². The molecule has 0 spiro atoms. The van der Waals surface area contributed by atoms with Crippen molar-refractivity contribution in [3.8, 4) is 5.75 Å². The van der Waals surface area contributed by atoms with Gasteiger partial charge < -0.3 is 10.1 Å². The lowest BCUT2D eigenvalue weighted by atomic mass is 10.1. The Morgan fingerprint density at radius 2 is 2.11 bits per heavy atom. The van der Waals surface area contributed by atoms with E-state index in [1.165, 1.54) is 26.1 Å². The Bertz CT molecular complexity index is 509. The molecule has 0 saturated carbocycles. The van der Waals surface area contributed by atoms with Crippen molar-refractivity contribution in [2.24, 2.45) is 0 Å². The van der Waals surface area contributed by atoms with E-state index >= 15 is 0 Å². The third kappa shape index (κ3) is 3.75. The number of nitro groups is 1. The molecule has 0 bridgehead atoms. The fourth-order valence-corrected chi connectivity index (χ4v) is 1.78. The highest BCUT2D eigenvalue weighted by molar-refractivity contribution is 9.10. The van der Waals surface area contributed by atoms with Crippen molar-refractivity contribution < 1.29 is 19.2 Å². The van der Waals surface area contributed by atoms with Crippen LogP contribution in [0.1, 0.15) is 17.3 Å². The van der Waals surface area contributed by atoms with E-state index in [0.717, 1.165) is 0 Å². The van der Waals surface area contributed by atoms with Crippen LogP contribution in [0.25, 0.3) is 0 Å². The van der Waals surface area contributed by atoms with Crippen LogP contribution in [0, 0.1) is 10.1 Å². The summed E-state index contributed by atoms with van der Waals surface area (Å²) in [6, 6.07) is 2.63. The summed E-state index contributed by atoms with van der Waals surface area (Å²) in [4.78, 5) is 32.9. The first-order valence-corrected chi connectivity index (χ1v) is 5.98. The van der Waals surface area contributed by atoms with Gasteiger partial charge in [0.2, 0.25) is 5.75 Å². The topological polar surface area (TPSA) is 98.5 Å². The van der Waals surface area contributed by atoms with E-state index in [1.54, 1.807) is 0 Å². The maximum absolute atomic E-state index is 11.5. The van der Waals surface area contributed by atoms with Crippen LogP contribution in [0.15, 0.2) is 16.6 Å². The highest BCUT2D eigenvalue weighted by Crippen LogP contribution is 2.34. The van der Waals surface area contributed by atoms with Gasteiger partial charge in [0.1, 0.15) is 0 Å². The molecule has 0 aliphatic heterocycles. The van der Waals surface area contributed by atoms with E-state index in [1.807, 2.05) is 0 Å². The maximum Gasteiger partial charge on any atom is 0.312 e. The molecule has 19 heavy (non-hydrogen) atoms. The fourth-order valence-electron chi connectivity index (χ4n) is 1.34. The molecule has 1 N–H and O–H groups in total. The Kier molecular flexibility index (Phi) is 4.99. The van der Waals surface area contributed by atoms with Gasteiger partial charge in [0.15, 0.2) is 12.4 Å². The van der Waals surface area contributed by atoms with Gasteiger partial charge in [-0.1, -0.05) is 15.9 Å². The average Bonchev–Trinajstić information content (AvgIpc) is 2.35. The van der Waals surface area contributed by atoms with Crippen molar-refractivity contribution >= 4 is 33.3 Å². The van der Waals surface area contributed by atoms with Gasteiger partial charge in [-0.25, -0.2) is 0 Å². The summed E-state index contributed by atoms with van der Waals surface area (Å²) in [5.74, 6) is -1.05. The summed E-state index contributed by atoms with van der Waals surface area (Å²) >= 11 is 3.09. The first-order valence-electron chi connectivity index (χ1n) is 5.19. The van der Waals surface area contributed by atoms with E-state index in [-0.39, 0.29) is 17.0 Å². The molecule has 0 aliphatic carbocycles. The summed E-state index contributed by atoms with van der Waals surface area (Å²) in [7, 11) is 1.41. The van der Waals surface area contributed by atoms with Gasteiger partial charge in [-0.2, -0.15) is 0 Å². The second-order valence-electron chi connectivity index (χ2n) is 3.58. The van der Waals surface area contributed by atoms with E-state index < -0.39 is 23.2 Å². The van der Waals surface area contributed by atoms with Crippen LogP contribution >= 0.6 is 15.9 Å². The third-order valence-electron chi connectivity index (χ3n) is 2.24. The van der Waals surface area contributed by atoms with Crippen molar-refractivity contribution in [1.29, 1.82) is 0 Å². The molecule has 0 fully saturated rings. The molecule has 0 unspecified atom stereocenters. The van der Waals surface area contributed by atoms with Gasteiger partial charge in [0.25, 0.3) is 5.91 Å². The quantitative estimate of drug-likeness (QED) is 0.503. The standard InChI is InChI=1S/C11H11BrN2O5/c1-6(15)8-3-7(12)4-9(14(17)18)11(8)19-5-10(16)13-2/h3-4H,5H2,1-2H3,(H,13,16). The summed E-state index contributed by atoms with van der Waals surface area (Å²) in [5.41, 5.74) is -0.326. The molecule has 0 atom stereocenters. The maximum atomic E-state index is 11.5. The van der Waals surface area contributed by atoms with Crippen LogP contribution < -0.4 is 10.1 Å². The lowest BCUT2D eigenvalue weighted by Gasteiger charge is -2.10.